The molecule has 1 atom stereocenters. The summed E-state index contributed by atoms with van der Waals surface area (Å²) in [4.78, 5) is 17.2. The lowest BCUT2D eigenvalue weighted by molar-refractivity contribution is -0.138. The van der Waals surface area contributed by atoms with Crippen LogP contribution in [0.25, 0.3) is 0 Å². The average molecular weight is 301 g/mol. The first-order chi connectivity index (χ1) is 10.7. The van der Waals surface area contributed by atoms with E-state index in [4.69, 9.17) is 5.73 Å². The van der Waals surface area contributed by atoms with Crippen molar-refractivity contribution in [3.05, 3.63) is 35.9 Å². The number of hydrogen-bond donors (Lipinski definition) is 1. The molecular weight excluding hydrogens is 274 g/mol. The molecule has 2 aliphatic heterocycles. The van der Waals surface area contributed by atoms with Gasteiger partial charge < -0.3 is 10.6 Å². The van der Waals surface area contributed by atoms with Crippen LogP contribution in [0.15, 0.2) is 30.3 Å². The van der Waals surface area contributed by atoms with Crippen molar-refractivity contribution in [2.45, 2.75) is 38.3 Å². The van der Waals surface area contributed by atoms with Gasteiger partial charge in [0.25, 0.3) is 0 Å². The van der Waals surface area contributed by atoms with Gasteiger partial charge in [-0.25, -0.2) is 0 Å². The van der Waals surface area contributed by atoms with Gasteiger partial charge in [-0.15, -0.1) is 0 Å². The molecule has 2 saturated heterocycles. The van der Waals surface area contributed by atoms with Gasteiger partial charge >= 0.3 is 0 Å². The van der Waals surface area contributed by atoms with Crippen molar-refractivity contribution in [2.75, 3.05) is 26.2 Å². The van der Waals surface area contributed by atoms with Gasteiger partial charge in [0.05, 0.1) is 5.92 Å². The van der Waals surface area contributed by atoms with Gasteiger partial charge in [0.2, 0.25) is 5.91 Å². The summed E-state index contributed by atoms with van der Waals surface area (Å²) in [5, 5.41) is 0. The van der Waals surface area contributed by atoms with Crippen LogP contribution in [0.2, 0.25) is 0 Å². The predicted octanol–water partition coefficient (Wildman–Crippen LogP) is 1.85. The van der Waals surface area contributed by atoms with Crippen LogP contribution < -0.4 is 5.73 Å². The third-order valence-corrected chi connectivity index (χ3v) is 4.96. The van der Waals surface area contributed by atoms with Crippen LogP contribution in [-0.4, -0.2) is 47.9 Å². The Balaban J connectivity index is 1.55. The van der Waals surface area contributed by atoms with E-state index in [0.29, 0.717) is 5.91 Å². The number of likely N-dealkylation sites (tertiary alicyclic amines) is 2. The molecule has 4 heteroatoms. The number of nitrogens with zero attached hydrogens (tertiary/aromatic N) is 2. The number of hydrogen-bond acceptors (Lipinski definition) is 3. The van der Waals surface area contributed by atoms with E-state index < -0.39 is 0 Å². The maximum atomic E-state index is 12.7. The lowest BCUT2D eigenvalue weighted by Gasteiger charge is -2.37. The highest BCUT2D eigenvalue weighted by atomic mass is 16.2. The van der Waals surface area contributed by atoms with Gasteiger partial charge in [-0.1, -0.05) is 30.3 Å². The van der Waals surface area contributed by atoms with Crippen molar-refractivity contribution in [2.24, 2.45) is 11.7 Å². The minimum absolute atomic E-state index is 0.173. The lowest BCUT2D eigenvalue weighted by Crippen LogP contribution is -2.48. The molecule has 1 aromatic rings. The second kappa shape index (κ2) is 7.25. The molecule has 0 saturated carbocycles. The summed E-state index contributed by atoms with van der Waals surface area (Å²) in [6.07, 6.45) is 4.06. The quantitative estimate of drug-likeness (QED) is 0.927. The Kier molecular flexibility index (Phi) is 5.11. The van der Waals surface area contributed by atoms with E-state index in [0.717, 1.165) is 58.4 Å². The van der Waals surface area contributed by atoms with E-state index in [2.05, 4.69) is 29.2 Å². The van der Waals surface area contributed by atoms with Gasteiger partial charge in [-0.3, -0.25) is 9.69 Å². The normalized spacial score (nSPS) is 24.4. The fourth-order valence-corrected chi connectivity index (χ4v) is 3.62. The van der Waals surface area contributed by atoms with Gasteiger partial charge in [0, 0.05) is 32.2 Å². The fourth-order valence-electron chi connectivity index (χ4n) is 3.62. The molecule has 3 rings (SSSR count). The van der Waals surface area contributed by atoms with Crippen LogP contribution in [0, 0.1) is 5.92 Å². The van der Waals surface area contributed by atoms with Crippen LogP contribution in [0.5, 0.6) is 0 Å². The van der Waals surface area contributed by atoms with Crippen LogP contribution >= 0.6 is 0 Å². The highest BCUT2D eigenvalue weighted by Crippen LogP contribution is 2.22. The first-order valence-electron chi connectivity index (χ1n) is 8.53. The highest BCUT2D eigenvalue weighted by molar-refractivity contribution is 5.79. The Hall–Kier alpha value is -1.39. The zero-order valence-electron chi connectivity index (χ0n) is 13.3. The van der Waals surface area contributed by atoms with Crippen LogP contribution in [0.4, 0.5) is 0 Å². The van der Waals surface area contributed by atoms with Gasteiger partial charge in [0.15, 0.2) is 0 Å². The largest absolute Gasteiger partial charge is 0.342 e. The highest BCUT2D eigenvalue weighted by Gasteiger charge is 2.30. The molecule has 0 spiro atoms. The molecule has 1 unspecified atom stereocenters. The molecule has 120 valence electrons. The molecule has 2 heterocycles. The van der Waals surface area contributed by atoms with E-state index in [1.54, 1.807) is 0 Å². The molecule has 1 amide bonds. The number of piperidine rings is 2. The van der Waals surface area contributed by atoms with E-state index in [1.807, 2.05) is 11.0 Å². The number of carbonyl (C=O) groups is 1. The van der Waals surface area contributed by atoms with Gasteiger partial charge in [-0.05, 0) is 37.8 Å². The Morgan fingerprint density at radius 3 is 2.55 bits per heavy atom. The number of benzene rings is 1. The molecular formula is C18H27N3O. The van der Waals surface area contributed by atoms with Crippen LogP contribution in [0.3, 0.4) is 0 Å². The van der Waals surface area contributed by atoms with Crippen molar-refractivity contribution in [1.29, 1.82) is 0 Å². The summed E-state index contributed by atoms with van der Waals surface area (Å²) in [6.45, 7) is 4.64. The van der Waals surface area contributed by atoms with Gasteiger partial charge in [0.1, 0.15) is 0 Å². The first-order valence-corrected chi connectivity index (χ1v) is 8.53. The maximum absolute atomic E-state index is 12.7. The summed E-state index contributed by atoms with van der Waals surface area (Å²) in [6, 6.07) is 10.8. The zero-order valence-corrected chi connectivity index (χ0v) is 13.3. The lowest BCUT2D eigenvalue weighted by atomic mass is 9.94. The summed E-state index contributed by atoms with van der Waals surface area (Å²) in [7, 11) is 0. The van der Waals surface area contributed by atoms with E-state index in [1.165, 1.54) is 5.56 Å². The average Bonchev–Trinajstić information content (AvgIpc) is 2.56. The summed E-state index contributed by atoms with van der Waals surface area (Å²) in [5.74, 6) is 0.524. The zero-order chi connectivity index (χ0) is 15.4. The molecule has 2 N–H and O–H groups in total. The standard InChI is InChI=1S/C18H27N3O/c19-17-8-11-21(12-9-17)18(22)16-7-4-10-20(14-16)13-15-5-2-1-3-6-15/h1-3,5-6,16-17H,4,7-14,19H2. The molecule has 0 aromatic heterocycles. The molecule has 0 bridgehead atoms. The van der Waals surface area contributed by atoms with E-state index >= 15 is 0 Å². The second-order valence-electron chi connectivity index (χ2n) is 6.72. The first kappa shape index (κ1) is 15.5. The summed E-state index contributed by atoms with van der Waals surface area (Å²) < 4.78 is 0. The molecule has 4 nitrogen and oxygen atoms in total. The number of nitrogens with two attached hydrogens (primary N) is 1. The number of amides is 1. The maximum Gasteiger partial charge on any atom is 0.226 e. The van der Waals surface area contributed by atoms with Crippen molar-refractivity contribution in [3.8, 4) is 0 Å². The summed E-state index contributed by atoms with van der Waals surface area (Å²) >= 11 is 0. The molecule has 2 aliphatic rings. The Morgan fingerprint density at radius 2 is 1.82 bits per heavy atom. The smallest absolute Gasteiger partial charge is 0.226 e. The van der Waals surface area contributed by atoms with E-state index in [-0.39, 0.29) is 12.0 Å². The van der Waals surface area contributed by atoms with Crippen molar-refractivity contribution >= 4 is 5.91 Å². The van der Waals surface area contributed by atoms with Crippen molar-refractivity contribution < 1.29 is 4.79 Å². The molecule has 22 heavy (non-hydrogen) atoms. The monoisotopic (exact) mass is 301 g/mol. The Morgan fingerprint density at radius 1 is 1.09 bits per heavy atom. The number of carbonyl (C=O) groups excluding carboxylic acids is 1. The molecule has 0 aliphatic carbocycles. The Labute approximate surface area is 133 Å². The topological polar surface area (TPSA) is 49.6 Å². The molecule has 2 fully saturated rings. The summed E-state index contributed by atoms with van der Waals surface area (Å²) in [5.41, 5.74) is 7.27. The van der Waals surface area contributed by atoms with Gasteiger partial charge in [-0.2, -0.15) is 0 Å². The minimum Gasteiger partial charge on any atom is -0.342 e. The van der Waals surface area contributed by atoms with Crippen LogP contribution in [0.1, 0.15) is 31.2 Å². The fraction of sp³-hybridized carbons (Fsp3) is 0.611. The second-order valence-corrected chi connectivity index (χ2v) is 6.72. The van der Waals surface area contributed by atoms with Crippen molar-refractivity contribution in [3.63, 3.8) is 0 Å². The molecule has 1 aromatic carbocycles. The van der Waals surface area contributed by atoms with Crippen molar-refractivity contribution in [1.82, 2.24) is 9.80 Å². The van der Waals surface area contributed by atoms with E-state index in [9.17, 15) is 4.79 Å². The third kappa shape index (κ3) is 3.87. The SMILES string of the molecule is NC1CCN(C(=O)C2CCCN(Cc3ccccc3)C2)CC1. The van der Waals surface area contributed by atoms with Crippen LogP contribution in [-0.2, 0) is 11.3 Å². The third-order valence-electron chi connectivity index (χ3n) is 4.96. The Bertz CT molecular complexity index is 482. The number of rotatable bonds is 3. The predicted molar refractivity (Wildman–Crippen MR) is 88.2 cm³/mol. The minimum atomic E-state index is 0.173. The molecule has 0 radical (unpaired) electrons.